The number of nitrogens with zero attached hydrogens (tertiary/aromatic N) is 4. The molecule has 7 heteroatoms. The summed E-state index contributed by atoms with van der Waals surface area (Å²) in [5.74, 6) is 1.18. The molecule has 1 fully saturated rings. The largest absolute Gasteiger partial charge is 0.508 e. The van der Waals surface area contributed by atoms with Gasteiger partial charge >= 0.3 is 0 Å². The molecule has 0 bridgehead atoms. The highest BCUT2D eigenvalue weighted by molar-refractivity contribution is 5.63. The third-order valence-electron chi connectivity index (χ3n) is 4.27. The quantitative estimate of drug-likeness (QED) is 0.741. The Kier molecular flexibility index (Phi) is 4.30. The Hall–Kier alpha value is -2.93. The van der Waals surface area contributed by atoms with Gasteiger partial charge in [0.05, 0.1) is 12.3 Å². The van der Waals surface area contributed by atoms with Crippen molar-refractivity contribution < 1.29 is 9.84 Å². The standard InChI is InChI=1S/C18H19N5O2/c24-15-4-2-14(3-5-15)16-10-17(23-9-1-7-20-23)18(22-21-16)25-12-13-6-8-19-11-13/h1-5,7,9-10,13,19,24H,6,8,11-12H2/t13-/m1/s1. The highest BCUT2D eigenvalue weighted by atomic mass is 16.5. The van der Waals surface area contributed by atoms with Crippen LogP contribution in [0.2, 0.25) is 0 Å². The third-order valence-corrected chi connectivity index (χ3v) is 4.27. The van der Waals surface area contributed by atoms with Gasteiger partial charge < -0.3 is 15.2 Å². The second-order valence-corrected chi connectivity index (χ2v) is 6.09. The van der Waals surface area contributed by atoms with E-state index in [1.165, 1.54) is 0 Å². The zero-order valence-electron chi connectivity index (χ0n) is 13.7. The molecular formula is C18H19N5O2. The molecule has 0 unspecified atom stereocenters. The molecule has 0 saturated carbocycles. The summed E-state index contributed by atoms with van der Waals surface area (Å²) in [7, 11) is 0. The van der Waals surface area contributed by atoms with Crippen LogP contribution in [-0.2, 0) is 0 Å². The zero-order chi connectivity index (χ0) is 17.1. The molecule has 0 radical (unpaired) electrons. The lowest BCUT2D eigenvalue weighted by atomic mass is 10.1. The summed E-state index contributed by atoms with van der Waals surface area (Å²) in [5, 5.41) is 25.6. The average molecular weight is 337 g/mol. The van der Waals surface area contributed by atoms with Crippen LogP contribution >= 0.6 is 0 Å². The van der Waals surface area contributed by atoms with Crippen LogP contribution in [0.1, 0.15) is 6.42 Å². The summed E-state index contributed by atoms with van der Waals surface area (Å²) >= 11 is 0. The summed E-state index contributed by atoms with van der Waals surface area (Å²) in [6.45, 7) is 2.61. The van der Waals surface area contributed by atoms with Crippen LogP contribution in [-0.4, -0.2) is 44.8 Å². The fourth-order valence-corrected chi connectivity index (χ4v) is 2.88. The number of nitrogens with one attached hydrogen (secondary N) is 1. The van der Waals surface area contributed by atoms with E-state index >= 15 is 0 Å². The predicted molar refractivity (Wildman–Crippen MR) is 92.7 cm³/mol. The lowest BCUT2D eigenvalue weighted by Crippen LogP contribution is -2.17. The summed E-state index contributed by atoms with van der Waals surface area (Å²) in [4.78, 5) is 0. The molecule has 4 rings (SSSR count). The maximum Gasteiger partial charge on any atom is 0.259 e. The van der Waals surface area contributed by atoms with E-state index in [0.29, 0.717) is 24.1 Å². The number of aromatic hydroxyl groups is 1. The fraction of sp³-hybridized carbons (Fsp3) is 0.278. The number of benzene rings is 1. The Balaban J connectivity index is 1.65. The lowest BCUT2D eigenvalue weighted by Gasteiger charge is -2.14. The van der Waals surface area contributed by atoms with E-state index in [0.717, 1.165) is 30.8 Å². The molecule has 1 aliphatic rings. The van der Waals surface area contributed by atoms with Gasteiger partial charge in [0, 0.05) is 30.4 Å². The molecule has 3 heterocycles. The van der Waals surface area contributed by atoms with Gasteiger partial charge in [0.1, 0.15) is 11.4 Å². The van der Waals surface area contributed by atoms with Crippen molar-refractivity contribution in [2.45, 2.75) is 6.42 Å². The van der Waals surface area contributed by atoms with Crippen molar-refractivity contribution in [3.05, 3.63) is 48.8 Å². The van der Waals surface area contributed by atoms with E-state index in [9.17, 15) is 5.11 Å². The molecule has 2 aromatic heterocycles. The van der Waals surface area contributed by atoms with Crippen molar-refractivity contribution in [3.63, 3.8) is 0 Å². The van der Waals surface area contributed by atoms with E-state index < -0.39 is 0 Å². The van der Waals surface area contributed by atoms with E-state index in [2.05, 4.69) is 20.6 Å². The molecule has 3 aromatic rings. The SMILES string of the molecule is Oc1ccc(-c2cc(-n3cccn3)c(OC[C@@H]3CCNC3)nn2)cc1. The van der Waals surface area contributed by atoms with Gasteiger partial charge in [0.15, 0.2) is 0 Å². The predicted octanol–water partition coefficient (Wildman–Crippen LogP) is 2.02. The van der Waals surface area contributed by atoms with E-state index in [-0.39, 0.29) is 5.75 Å². The Morgan fingerprint density at radius 2 is 2.12 bits per heavy atom. The zero-order valence-corrected chi connectivity index (χ0v) is 13.7. The van der Waals surface area contributed by atoms with Crippen LogP contribution in [0, 0.1) is 5.92 Å². The maximum atomic E-state index is 9.45. The highest BCUT2D eigenvalue weighted by Crippen LogP contribution is 2.26. The molecule has 25 heavy (non-hydrogen) atoms. The third kappa shape index (κ3) is 3.46. The van der Waals surface area contributed by atoms with Gasteiger partial charge in [-0.2, -0.15) is 5.10 Å². The normalized spacial score (nSPS) is 16.9. The fourth-order valence-electron chi connectivity index (χ4n) is 2.88. The van der Waals surface area contributed by atoms with Crippen molar-refractivity contribution in [2.24, 2.45) is 5.92 Å². The molecule has 128 valence electrons. The summed E-state index contributed by atoms with van der Waals surface area (Å²) in [5.41, 5.74) is 2.31. The van der Waals surface area contributed by atoms with Gasteiger partial charge in [-0.15, -0.1) is 10.2 Å². The Morgan fingerprint density at radius 1 is 1.24 bits per heavy atom. The first-order valence-electron chi connectivity index (χ1n) is 8.30. The highest BCUT2D eigenvalue weighted by Gasteiger charge is 2.18. The minimum absolute atomic E-state index is 0.217. The van der Waals surface area contributed by atoms with E-state index in [1.807, 2.05) is 18.3 Å². The number of hydrogen-bond donors (Lipinski definition) is 2. The Labute approximate surface area is 145 Å². The number of ether oxygens (including phenoxy) is 1. The first-order valence-corrected chi connectivity index (χ1v) is 8.30. The van der Waals surface area contributed by atoms with Gasteiger partial charge in [-0.25, -0.2) is 4.68 Å². The molecule has 1 aliphatic heterocycles. The van der Waals surface area contributed by atoms with Gasteiger partial charge in [-0.1, -0.05) is 0 Å². The van der Waals surface area contributed by atoms with Crippen molar-refractivity contribution in [3.8, 4) is 28.6 Å². The van der Waals surface area contributed by atoms with Crippen LogP contribution in [0.4, 0.5) is 0 Å². The first-order chi connectivity index (χ1) is 12.3. The monoisotopic (exact) mass is 337 g/mol. The number of rotatable bonds is 5. The minimum atomic E-state index is 0.217. The molecule has 0 amide bonds. The second kappa shape index (κ2) is 6.90. The first kappa shape index (κ1) is 15.6. The Bertz CT molecular complexity index is 827. The summed E-state index contributed by atoms with van der Waals surface area (Å²) < 4.78 is 7.66. The molecule has 0 spiro atoms. The average Bonchev–Trinajstić information content (AvgIpc) is 3.34. The maximum absolute atomic E-state index is 9.45. The topological polar surface area (TPSA) is 85.1 Å². The van der Waals surface area contributed by atoms with E-state index in [4.69, 9.17) is 4.74 Å². The van der Waals surface area contributed by atoms with Crippen molar-refractivity contribution in [1.82, 2.24) is 25.3 Å². The van der Waals surface area contributed by atoms with Crippen LogP contribution in [0.3, 0.4) is 0 Å². The van der Waals surface area contributed by atoms with Crippen molar-refractivity contribution >= 4 is 0 Å². The second-order valence-electron chi connectivity index (χ2n) is 6.09. The summed E-state index contributed by atoms with van der Waals surface area (Å²) in [6, 6.07) is 10.6. The van der Waals surface area contributed by atoms with Gasteiger partial charge in [-0.3, -0.25) is 0 Å². The van der Waals surface area contributed by atoms with Crippen molar-refractivity contribution in [1.29, 1.82) is 0 Å². The summed E-state index contributed by atoms with van der Waals surface area (Å²) in [6.07, 6.45) is 4.67. The molecule has 1 atom stereocenters. The molecular weight excluding hydrogens is 318 g/mol. The number of aromatic nitrogens is 4. The van der Waals surface area contributed by atoms with E-state index in [1.54, 1.807) is 35.1 Å². The Morgan fingerprint density at radius 3 is 2.84 bits per heavy atom. The van der Waals surface area contributed by atoms with Crippen LogP contribution in [0.5, 0.6) is 11.6 Å². The van der Waals surface area contributed by atoms with Crippen LogP contribution in [0.25, 0.3) is 16.9 Å². The van der Waals surface area contributed by atoms with Gasteiger partial charge in [-0.05, 0) is 49.4 Å². The number of hydrogen-bond acceptors (Lipinski definition) is 6. The molecule has 2 N–H and O–H groups in total. The molecule has 7 nitrogen and oxygen atoms in total. The van der Waals surface area contributed by atoms with Crippen LogP contribution < -0.4 is 10.1 Å². The molecule has 1 aromatic carbocycles. The molecule has 1 saturated heterocycles. The van der Waals surface area contributed by atoms with Gasteiger partial charge in [0.2, 0.25) is 0 Å². The number of phenolic OH excluding ortho intramolecular Hbond substituents is 1. The van der Waals surface area contributed by atoms with Gasteiger partial charge in [0.25, 0.3) is 5.88 Å². The smallest absolute Gasteiger partial charge is 0.259 e. The van der Waals surface area contributed by atoms with Crippen LogP contribution in [0.15, 0.2) is 48.8 Å². The van der Waals surface area contributed by atoms with Crippen molar-refractivity contribution in [2.75, 3.05) is 19.7 Å². The molecule has 0 aliphatic carbocycles. The number of phenols is 1. The minimum Gasteiger partial charge on any atom is -0.508 e. The lowest BCUT2D eigenvalue weighted by molar-refractivity contribution is 0.247.